The van der Waals surface area contributed by atoms with Crippen molar-refractivity contribution >= 4 is 26.6 Å². The van der Waals surface area contributed by atoms with Gasteiger partial charge in [-0.05, 0) is 12.7 Å². The van der Waals surface area contributed by atoms with Crippen LogP contribution in [0.25, 0.3) is 0 Å². The van der Waals surface area contributed by atoms with E-state index >= 15 is 0 Å². The van der Waals surface area contributed by atoms with Crippen LogP contribution in [-0.2, 0) is 0 Å². The lowest BCUT2D eigenvalue weighted by atomic mass is 10.3. The molecule has 0 aliphatic carbocycles. The minimum absolute atomic E-state index is 0.503. The second-order valence-electron chi connectivity index (χ2n) is 1.77. The molecule has 2 heteroatoms. The van der Waals surface area contributed by atoms with Gasteiger partial charge in [0, 0.05) is 10.9 Å². The highest BCUT2D eigenvalue weighted by molar-refractivity contribution is 7.81. The fourth-order valence-corrected chi connectivity index (χ4v) is 1.07. The fourth-order valence-electron chi connectivity index (χ4n) is 0.192. The molecule has 0 spiro atoms. The van der Waals surface area contributed by atoms with E-state index in [1.54, 1.807) is 0 Å². The van der Waals surface area contributed by atoms with Gasteiger partial charge in [0.05, 0.1) is 0 Å². The second-order valence-corrected chi connectivity index (χ2v) is 3.63. The summed E-state index contributed by atoms with van der Waals surface area (Å²) in [6.07, 6.45) is 0. The van der Waals surface area contributed by atoms with E-state index in [9.17, 15) is 0 Å². The molecule has 34 valence electrons. The van der Waals surface area contributed by atoms with Crippen molar-refractivity contribution in [2.24, 2.45) is 0 Å². The van der Waals surface area contributed by atoms with E-state index in [-0.39, 0.29) is 0 Å². The Morgan fingerprint density at radius 3 is 2.50 bits per heavy atom. The summed E-state index contributed by atoms with van der Waals surface area (Å²) >= 11 is 4.13. The molecule has 1 aliphatic rings. The predicted molar refractivity (Wildman–Crippen MR) is 35.2 cm³/mol. The zero-order valence-electron chi connectivity index (χ0n) is 3.68. The topological polar surface area (TPSA) is 0 Å². The van der Waals surface area contributed by atoms with Gasteiger partial charge in [-0.3, -0.25) is 0 Å². The molecule has 1 aliphatic heterocycles. The molecule has 0 aromatic heterocycles. The van der Waals surface area contributed by atoms with Gasteiger partial charge in [-0.25, -0.2) is 0 Å². The molecular weight excluding hydrogens is 111 g/mol. The SMILES string of the molecule is CC1(CS)C=P1. The van der Waals surface area contributed by atoms with E-state index in [2.05, 4.69) is 25.3 Å². The maximum Gasteiger partial charge on any atom is 0.0400 e. The van der Waals surface area contributed by atoms with E-state index < -0.39 is 0 Å². The van der Waals surface area contributed by atoms with Gasteiger partial charge in [0.2, 0.25) is 0 Å². The van der Waals surface area contributed by atoms with Gasteiger partial charge in [-0.2, -0.15) is 12.6 Å². The van der Waals surface area contributed by atoms with Crippen molar-refractivity contribution in [2.75, 3.05) is 5.75 Å². The van der Waals surface area contributed by atoms with Crippen LogP contribution in [0.5, 0.6) is 0 Å². The Bertz CT molecular complexity index is 81.5. The normalized spacial score (nSPS) is 43.0. The van der Waals surface area contributed by atoms with Gasteiger partial charge < -0.3 is 0 Å². The molecule has 1 unspecified atom stereocenters. The van der Waals surface area contributed by atoms with Crippen molar-refractivity contribution in [3.8, 4) is 0 Å². The molecule has 1 heterocycles. The summed E-state index contributed by atoms with van der Waals surface area (Å²) < 4.78 is 0. The fraction of sp³-hybridized carbons (Fsp3) is 0.750. The van der Waals surface area contributed by atoms with Crippen LogP contribution in [0.1, 0.15) is 6.92 Å². The monoisotopic (exact) mass is 118 g/mol. The van der Waals surface area contributed by atoms with Crippen LogP contribution >= 0.6 is 20.8 Å². The van der Waals surface area contributed by atoms with E-state index in [1.165, 1.54) is 8.20 Å². The number of hydrogen-bond acceptors (Lipinski definition) is 1. The van der Waals surface area contributed by atoms with Crippen LogP contribution in [0, 0.1) is 0 Å². The molecule has 0 saturated heterocycles. The molecule has 0 saturated carbocycles. The third-order valence-electron chi connectivity index (χ3n) is 0.890. The van der Waals surface area contributed by atoms with Gasteiger partial charge in [0.25, 0.3) is 0 Å². The van der Waals surface area contributed by atoms with Gasteiger partial charge in [0.15, 0.2) is 0 Å². The molecule has 0 aromatic rings. The molecule has 0 nitrogen and oxygen atoms in total. The highest BCUT2D eigenvalue weighted by atomic mass is 32.1. The van der Waals surface area contributed by atoms with Crippen molar-refractivity contribution in [1.82, 2.24) is 0 Å². The molecule has 1 atom stereocenters. The van der Waals surface area contributed by atoms with Gasteiger partial charge in [-0.15, -0.1) is 0 Å². The van der Waals surface area contributed by atoms with Crippen molar-refractivity contribution in [1.29, 1.82) is 0 Å². The maximum atomic E-state index is 4.13. The van der Waals surface area contributed by atoms with E-state index in [1.807, 2.05) is 0 Å². The van der Waals surface area contributed by atoms with Crippen LogP contribution < -0.4 is 0 Å². The summed E-state index contributed by atoms with van der Waals surface area (Å²) in [4.78, 5) is 0. The second kappa shape index (κ2) is 1.24. The van der Waals surface area contributed by atoms with Crippen molar-refractivity contribution in [2.45, 2.75) is 12.1 Å². The lowest BCUT2D eigenvalue weighted by molar-refractivity contribution is 1.04. The highest BCUT2D eigenvalue weighted by Gasteiger charge is 2.26. The Balaban J connectivity index is 2.32. The van der Waals surface area contributed by atoms with Crippen LogP contribution in [-0.4, -0.2) is 16.7 Å². The van der Waals surface area contributed by atoms with Crippen molar-refractivity contribution in [3.63, 3.8) is 0 Å². The summed E-state index contributed by atoms with van der Waals surface area (Å²) in [5.74, 6) is 3.27. The summed E-state index contributed by atoms with van der Waals surface area (Å²) in [5, 5.41) is 0.503. The number of thiol groups is 1. The first-order valence-corrected chi connectivity index (χ1v) is 3.54. The molecule has 0 bridgehead atoms. The first-order chi connectivity index (χ1) is 2.77. The minimum atomic E-state index is 0.503. The number of rotatable bonds is 1. The summed E-state index contributed by atoms with van der Waals surface area (Å²) in [7, 11) is 1.47. The zero-order chi connectivity index (χ0) is 4.62. The van der Waals surface area contributed by atoms with E-state index in [0.29, 0.717) is 5.16 Å². The third kappa shape index (κ3) is 0.772. The Hall–Kier alpha value is 0.520. The average molecular weight is 118 g/mol. The molecule has 1 rings (SSSR count). The lowest BCUT2D eigenvalue weighted by Gasteiger charge is -1.96. The lowest BCUT2D eigenvalue weighted by Crippen LogP contribution is -2.04. The molecule has 0 aromatic carbocycles. The van der Waals surface area contributed by atoms with Gasteiger partial charge >= 0.3 is 0 Å². The Morgan fingerprint density at radius 1 is 2.00 bits per heavy atom. The Morgan fingerprint density at radius 2 is 2.50 bits per heavy atom. The van der Waals surface area contributed by atoms with Crippen LogP contribution in [0.15, 0.2) is 0 Å². The van der Waals surface area contributed by atoms with E-state index in [4.69, 9.17) is 0 Å². The molecule has 0 fully saturated rings. The van der Waals surface area contributed by atoms with Crippen molar-refractivity contribution < 1.29 is 0 Å². The minimum Gasteiger partial charge on any atom is -0.178 e. The summed E-state index contributed by atoms with van der Waals surface area (Å²) in [6.45, 7) is 2.21. The molecule has 0 radical (unpaired) electrons. The standard InChI is InChI=1S/C4H7PS/c1-4(3-6)2-5-4/h2,6H,3H2,1H3. The summed E-state index contributed by atoms with van der Waals surface area (Å²) in [6, 6.07) is 0. The van der Waals surface area contributed by atoms with Gasteiger partial charge in [-0.1, -0.05) is 8.20 Å². The maximum absolute atomic E-state index is 4.13. The van der Waals surface area contributed by atoms with Crippen LogP contribution in [0.3, 0.4) is 0 Å². The van der Waals surface area contributed by atoms with Crippen molar-refractivity contribution in [3.05, 3.63) is 0 Å². The molecule has 0 amide bonds. The van der Waals surface area contributed by atoms with Crippen LogP contribution in [0.4, 0.5) is 0 Å². The van der Waals surface area contributed by atoms with E-state index in [0.717, 1.165) is 5.75 Å². The first kappa shape index (κ1) is 4.67. The molecule has 6 heavy (non-hydrogen) atoms. The number of hydrogen-bond donors (Lipinski definition) is 1. The highest BCUT2D eigenvalue weighted by Crippen LogP contribution is 2.36. The quantitative estimate of drug-likeness (QED) is 0.391. The Labute approximate surface area is 45.2 Å². The first-order valence-electron chi connectivity index (χ1n) is 1.94. The summed E-state index contributed by atoms with van der Waals surface area (Å²) in [5.41, 5.74) is 0. The zero-order valence-corrected chi connectivity index (χ0v) is 5.47. The average Bonchev–Trinajstić information content (AvgIpc) is 2.22. The molecule has 0 N–H and O–H groups in total. The Kier molecular flexibility index (Phi) is 0.969. The molecular formula is C4H7PS. The third-order valence-corrected chi connectivity index (χ3v) is 3.09. The van der Waals surface area contributed by atoms with Gasteiger partial charge in [0.1, 0.15) is 0 Å². The smallest absolute Gasteiger partial charge is 0.0400 e. The van der Waals surface area contributed by atoms with Crippen LogP contribution in [0.2, 0.25) is 0 Å². The largest absolute Gasteiger partial charge is 0.178 e. The predicted octanol–water partition coefficient (Wildman–Crippen LogP) is 1.44.